The van der Waals surface area contributed by atoms with Crippen LogP contribution in [-0.2, 0) is 14.8 Å². The fourth-order valence-electron chi connectivity index (χ4n) is 2.52. The zero-order valence-corrected chi connectivity index (χ0v) is 16.1. The zero-order valence-electron chi connectivity index (χ0n) is 15.3. The topological polar surface area (TPSA) is 66.5 Å². The van der Waals surface area contributed by atoms with Crippen LogP contribution in [0.2, 0.25) is 0 Å². The molecule has 0 unspecified atom stereocenters. The summed E-state index contributed by atoms with van der Waals surface area (Å²) >= 11 is 0. The molecule has 6 heteroatoms. The van der Waals surface area contributed by atoms with Crippen molar-refractivity contribution in [2.75, 3.05) is 18.9 Å². The molecule has 0 saturated carbocycles. The molecule has 0 aromatic heterocycles. The van der Waals surface area contributed by atoms with Crippen LogP contribution in [0.4, 0.5) is 5.69 Å². The Kier molecular flexibility index (Phi) is 5.65. The number of amides is 1. The Labute approximate surface area is 149 Å². The van der Waals surface area contributed by atoms with Crippen molar-refractivity contribution in [1.82, 2.24) is 4.31 Å². The number of carbonyl (C=O) groups is 1. The second-order valence-corrected chi connectivity index (χ2v) is 8.34. The van der Waals surface area contributed by atoms with Crippen LogP contribution in [0.3, 0.4) is 0 Å². The van der Waals surface area contributed by atoms with Gasteiger partial charge in [0.1, 0.15) is 0 Å². The van der Waals surface area contributed by atoms with Crippen LogP contribution in [-0.4, -0.2) is 32.2 Å². The number of aryl methyl sites for hydroxylation is 3. The lowest BCUT2D eigenvalue weighted by Crippen LogP contribution is -2.35. The average Bonchev–Trinajstić information content (AvgIpc) is 2.53. The van der Waals surface area contributed by atoms with Crippen molar-refractivity contribution in [3.63, 3.8) is 0 Å². The second kappa shape index (κ2) is 7.37. The summed E-state index contributed by atoms with van der Waals surface area (Å²) in [6.45, 7) is 7.22. The molecule has 1 N–H and O–H groups in total. The Bertz CT molecular complexity index is 905. The molecule has 0 spiro atoms. The molecule has 25 heavy (non-hydrogen) atoms. The summed E-state index contributed by atoms with van der Waals surface area (Å²) in [6, 6.07) is 10.9. The quantitative estimate of drug-likeness (QED) is 0.890. The van der Waals surface area contributed by atoms with Gasteiger partial charge in [-0.1, -0.05) is 24.3 Å². The van der Waals surface area contributed by atoms with Gasteiger partial charge in [0.05, 0.1) is 11.4 Å². The minimum atomic E-state index is -3.73. The summed E-state index contributed by atoms with van der Waals surface area (Å²) in [6.07, 6.45) is 0. The summed E-state index contributed by atoms with van der Waals surface area (Å²) in [7, 11) is -2.31. The molecule has 0 aliphatic heterocycles. The monoisotopic (exact) mass is 360 g/mol. The van der Waals surface area contributed by atoms with Crippen molar-refractivity contribution in [3.8, 4) is 0 Å². The van der Waals surface area contributed by atoms with Crippen LogP contribution < -0.4 is 5.32 Å². The average molecular weight is 360 g/mol. The van der Waals surface area contributed by atoms with Crippen LogP contribution in [0.5, 0.6) is 0 Å². The van der Waals surface area contributed by atoms with Gasteiger partial charge in [0.15, 0.2) is 0 Å². The molecular weight excluding hydrogens is 336 g/mol. The summed E-state index contributed by atoms with van der Waals surface area (Å²) in [4.78, 5) is 12.5. The molecule has 5 nitrogen and oxygen atoms in total. The van der Waals surface area contributed by atoms with E-state index in [0.29, 0.717) is 11.3 Å². The lowest BCUT2D eigenvalue weighted by atomic mass is 10.1. The first-order valence-electron chi connectivity index (χ1n) is 8.02. The van der Waals surface area contributed by atoms with Crippen molar-refractivity contribution in [3.05, 3.63) is 58.7 Å². The molecule has 0 bridgehead atoms. The molecule has 0 heterocycles. The molecule has 0 aliphatic rings. The lowest BCUT2D eigenvalue weighted by Gasteiger charge is -2.19. The smallest absolute Gasteiger partial charge is 0.243 e. The number of likely N-dealkylation sites (N-methyl/N-ethyl adjacent to an activating group) is 1. The van der Waals surface area contributed by atoms with E-state index in [-0.39, 0.29) is 17.3 Å². The van der Waals surface area contributed by atoms with E-state index in [1.165, 1.54) is 7.05 Å². The van der Waals surface area contributed by atoms with Crippen molar-refractivity contribution in [1.29, 1.82) is 0 Å². The Morgan fingerprint density at radius 3 is 2.40 bits per heavy atom. The molecule has 2 aromatic rings. The third kappa shape index (κ3) is 4.27. The Balaban J connectivity index is 2.17. The van der Waals surface area contributed by atoms with E-state index >= 15 is 0 Å². The number of carbonyl (C=O) groups excluding carboxylic acids is 1. The zero-order chi connectivity index (χ0) is 18.8. The first-order chi connectivity index (χ1) is 11.6. The molecule has 0 radical (unpaired) electrons. The molecule has 2 rings (SSSR count). The minimum absolute atomic E-state index is 0.231. The van der Waals surface area contributed by atoms with E-state index in [4.69, 9.17) is 0 Å². The highest BCUT2D eigenvalue weighted by molar-refractivity contribution is 7.89. The van der Waals surface area contributed by atoms with Gasteiger partial charge in [-0.3, -0.25) is 4.79 Å². The number of nitrogens with zero attached hydrogens (tertiary/aromatic N) is 1. The van der Waals surface area contributed by atoms with Gasteiger partial charge < -0.3 is 5.32 Å². The van der Waals surface area contributed by atoms with Crippen molar-refractivity contribution in [2.45, 2.75) is 32.6 Å². The molecule has 0 fully saturated rings. The van der Waals surface area contributed by atoms with E-state index in [1.807, 2.05) is 39.0 Å². The molecule has 134 valence electrons. The molecule has 1 amide bonds. The molecule has 2 aromatic carbocycles. The number of hydrogen-bond acceptors (Lipinski definition) is 3. The summed E-state index contributed by atoms with van der Waals surface area (Å²) in [5.41, 5.74) is 4.25. The second-order valence-electron chi connectivity index (χ2n) is 6.33. The van der Waals surface area contributed by atoms with E-state index in [0.717, 1.165) is 21.0 Å². The van der Waals surface area contributed by atoms with Gasteiger partial charge >= 0.3 is 0 Å². The van der Waals surface area contributed by atoms with Gasteiger partial charge in [-0.15, -0.1) is 0 Å². The van der Waals surface area contributed by atoms with Gasteiger partial charge in [0.2, 0.25) is 15.9 Å². The number of anilines is 1. The van der Waals surface area contributed by atoms with E-state index in [2.05, 4.69) is 5.32 Å². The predicted molar refractivity (Wildman–Crippen MR) is 100 cm³/mol. The highest BCUT2D eigenvalue weighted by atomic mass is 32.2. The van der Waals surface area contributed by atoms with Gasteiger partial charge in [-0.05, 0) is 62.1 Å². The molecule has 0 atom stereocenters. The number of hydrogen-bond donors (Lipinski definition) is 1. The largest absolute Gasteiger partial charge is 0.325 e. The Hall–Kier alpha value is -2.18. The summed E-state index contributed by atoms with van der Waals surface area (Å²) < 4.78 is 26.6. The van der Waals surface area contributed by atoms with E-state index < -0.39 is 10.0 Å². The maximum absolute atomic E-state index is 12.8. The molecule has 0 saturated heterocycles. The Morgan fingerprint density at radius 1 is 1.04 bits per heavy atom. The van der Waals surface area contributed by atoms with Crippen LogP contribution >= 0.6 is 0 Å². The third-order valence-electron chi connectivity index (χ3n) is 4.28. The van der Waals surface area contributed by atoms with Crippen molar-refractivity contribution < 1.29 is 13.2 Å². The fourth-order valence-corrected chi connectivity index (χ4v) is 3.95. The normalized spacial score (nSPS) is 11.6. The SMILES string of the molecule is Cc1ccc(C)c(S(=O)(=O)N(C)CC(=O)Nc2cccc(C)c2C)c1. The maximum atomic E-state index is 12.8. The van der Waals surface area contributed by atoms with E-state index in [1.54, 1.807) is 25.1 Å². The van der Waals surface area contributed by atoms with Crippen LogP contribution in [0.25, 0.3) is 0 Å². The van der Waals surface area contributed by atoms with Crippen molar-refractivity contribution >= 4 is 21.6 Å². The lowest BCUT2D eigenvalue weighted by molar-refractivity contribution is -0.116. The highest BCUT2D eigenvalue weighted by Gasteiger charge is 2.25. The molecular formula is C19H24N2O3S. The van der Waals surface area contributed by atoms with Gasteiger partial charge in [0, 0.05) is 12.7 Å². The number of rotatable bonds is 5. The fraction of sp³-hybridized carbons (Fsp3) is 0.316. The first-order valence-corrected chi connectivity index (χ1v) is 9.46. The first kappa shape index (κ1) is 19.1. The number of nitrogens with one attached hydrogen (secondary N) is 1. The summed E-state index contributed by atoms with van der Waals surface area (Å²) in [5, 5.41) is 2.79. The van der Waals surface area contributed by atoms with Crippen LogP contribution in [0, 0.1) is 27.7 Å². The molecule has 0 aliphatic carbocycles. The highest BCUT2D eigenvalue weighted by Crippen LogP contribution is 2.21. The van der Waals surface area contributed by atoms with E-state index in [9.17, 15) is 13.2 Å². The number of sulfonamides is 1. The minimum Gasteiger partial charge on any atom is -0.325 e. The van der Waals surface area contributed by atoms with Crippen LogP contribution in [0.15, 0.2) is 41.3 Å². The maximum Gasteiger partial charge on any atom is 0.243 e. The van der Waals surface area contributed by atoms with Crippen molar-refractivity contribution in [2.24, 2.45) is 0 Å². The van der Waals surface area contributed by atoms with Gasteiger partial charge in [0.25, 0.3) is 0 Å². The summed E-state index contributed by atoms with van der Waals surface area (Å²) in [5.74, 6) is -0.370. The van der Waals surface area contributed by atoms with Gasteiger partial charge in [-0.25, -0.2) is 8.42 Å². The standard InChI is InChI=1S/C19H24N2O3S/c1-13-9-10-15(3)18(11-13)25(23,24)21(5)12-19(22)20-17-8-6-7-14(2)16(17)4/h6-11H,12H2,1-5H3,(H,20,22). The predicted octanol–water partition coefficient (Wildman–Crippen LogP) is 3.18. The Morgan fingerprint density at radius 2 is 1.72 bits per heavy atom. The number of benzene rings is 2. The third-order valence-corrected chi connectivity index (χ3v) is 6.22. The van der Waals surface area contributed by atoms with Gasteiger partial charge in [-0.2, -0.15) is 4.31 Å². The van der Waals surface area contributed by atoms with Crippen LogP contribution in [0.1, 0.15) is 22.3 Å².